The molecule has 2 unspecified atom stereocenters. The molecule has 1 saturated carbocycles. The van der Waals surface area contributed by atoms with Crippen molar-refractivity contribution in [1.29, 1.82) is 0 Å². The van der Waals surface area contributed by atoms with E-state index in [-0.39, 0.29) is 12.8 Å². The Balaban J connectivity index is 2.24. The number of carboxylic acids is 2. The van der Waals surface area contributed by atoms with Crippen LogP contribution in [0.5, 0.6) is 0 Å². The van der Waals surface area contributed by atoms with Crippen molar-refractivity contribution in [3.63, 3.8) is 0 Å². The number of hydrogen-bond donors (Lipinski definition) is 2. The minimum Gasteiger partial charge on any atom is -0.481 e. The summed E-state index contributed by atoms with van der Waals surface area (Å²) in [4.78, 5) is 20.9. The lowest BCUT2D eigenvalue weighted by Crippen LogP contribution is -2.17. The van der Waals surface area contributed by atoms with Crippen LogP contribution in [0, 0.1) is 11.8 Å². The van der Waals surface area contributed by atoms with Gasteiger partial charge in [0.05, 0.1) is 0 Å². The van der Waals surface area contributed by atoms with Crippen LogP contribution in [0.1, 0.15) is 51.4 Å². The number of carboxylic acid groups (broad SMARTS) is 2. The smallest absolute Gasteiger partial charge is 0.303 e. The molecule has 1 rings (SSSR count). The van der Waals surface area contributed by atoms with Crippen LogP contribution in [0.2, 0.25) is 0 Å². The first-order chi connectivity index (χ1) is 7.58. The molecule has 0 spiro atoms. The van der Waals surface area contributed by atoms with E-state index in [9.17, 15) is 9.59 Å². The molecule has 4 nitrogen and oxygen atoms in total. The Morgan fingerprint density at radius 3 is 1.75 bits per heavy atom. The van der Waals surface area contributed by atoms with Crippen molar-refractivity contribution < 1.29 is 19.8 Å². The third-order valence-electron chi connectivity index (χ3n) is 3.42. The quantitative estimate of drug-likeness (QED) is 0.732. The Labute approximate surface area is 95.7 Å². The van der Waals surface area contributed by atoms with E-state index in [1.165, 1.54) is 0 Å². The minimum absolute atomic E-state index is 0.246. The van der Waals surface area contributed by atoms with E-state index in [2.05, 4.69) is 0 Å². The predicted molar refractivity (Wildman–Crippen MR) is 59.2 cm³/mol. The highest BCUT2D eigenvalue weighted by molar-refractivity contribution is 5.66. The van der Waals surface area contributed by atoms with Crippen LogP contribution in [-0.2, 0) is 9.59 Å². The Morgan fingerprint density at radius 2 is 1.38 bits per heavy atom. The van der Waals surface area contributed by atoms with Crippen molar-refractivity contribution in [3.8, 4) is 0 Å². The van der Waals surface area contributed by atoms with Crippen LogP contribution in [0.25, 0.3) is 0 Å². The van der Waals surface area contributed by atoms with Crippen molar-refractivity contribution in [2.45, 2.75) is 51.4 Å². The van der Waals surface area contributed by atoms with Gasteiger partial charge in [0, 0.05) is 12.8 Å². The first-order valence-electron chi connectivity index (χ1n) is 6.01. The number of aliphatic carboxylic acids is 2. The average Bonchev–Trinajstić information content (AvgIpc) is 2.24. The average molecular weight is 228 g/mol. The van der Waals surface area contributed by atoms with Crippen molar-refractivity contribution in [2.75, 3.05) is 0 Å². The summed E-state index contributed by atoms with van der Waals surface area (Å²) in [5.41, 5.74) is 0. The van der Waals surface area contributed by atoms with Gasteiger partial charge in [-0.15, -0.1) is 0 Å². The van der Waals surface area contributed by atoms with Gasteiger partial charge in [0.2, 0.25) is 0 Å². The molecule has 4 heteroatoms. The van der Waals surface area contributed by atoms with E-state index in [1.54, 1.807) is 0 Å². The minimum atomic E-state index is -0.729. The number of hydrogen-bond acceptors (Lipinski definition) is 2. The van der Waals surface area contributed by atoms with Crippen molar-refractivity contribution in [1.82, 2.24) is 0 Å². The summed E-state index contributed by atoms with van der Waals surface area (Å²) in [7, 11) is 0. The van der Waals surface area contributed by atoms with Gasteiger partial charge in [-0.3, -0.25) is 9.59 Å². The largest absolute Gasteiger partial charge is 0.481 e. The normalized spacial score (nSPS) is 25.2. The van der Waals surface area contributed by atoms with Crippen LogP contribution in [0.15, 0.2) is 0 Å². The van der Waals surface area contributed by atoms with Gasteiger partial charge in [0.1, 0.15) is 0 Å². The summed E-state index contributed by atoms with van der Waals surface area (Å²) in [6.45, 7) is 0. The van der Waals surface area contributed by atoms with Gasteiger partial charge in [-0.25, -0.2) is 0 Å². The van der Waals surface area contributed by atoms with Gasteiger partial charge in [0.15, 0.2) is 0 Å². The zero-order valence-corrected chi connectivity index (χ0v) is 9.52. The van der Waals surface area contributed by atoms with Crippen LogP contribution in [-0.4, -0.2) is 22.2 Å². The van der Waals surface area contributed by atoms with Crippen molar-refractivity contribution in [3.05, 3.63) is 0 Å². The van der Waals surface area contributed by atoms with Crippen molar-refractivity contribution in [2.24, 2.45) is 11.8 Å². The molecule has 0 amide bonds. The van der Waals surface area contributed by atoms with E-state index in [0.717, 1.165) is 38.5 Å². The monoisotopic (exact) mass is 228 g/mol. The maximum absolute atomic E-state index is 10.5. The van der Waals surface area contributed by atoms with Gasteiger partial charge >= 0.3 is 11.9 Å². The van der Waals surface area contributed by atoms with Gasteiger partial charge in [-0.2, -0.15) is 0 Å². The molecule has 0 aromatic rings. The second kappa shape index (κ2) is 6.51. The highest BCUT2D eigenvalue weighted by Gasteiger charge is 2.22. The predicted octanol–water partition coefficient (Wildman–Crippen LogP) is 2.52. The molecule has 0 bridgehead atoms. The van der Waals surface area contributed by atoms with Crippen LogP contribution in [0.3, 0.4) is 0 Å². The van der Waals surface area contributed by atoms with Gasteiger partial charge in [-0.05, 0) is 31.1 Å². The molecule has 0 saturated heterocycles. The summed E-state index contributed by atoms with van der Waals surface area (Å²) in [5.74, 6) is -0.479. The van der Waals surface area contributed by atoms with E-state index >= 15 is 0 Å². The zero-order chi connectivity index (χ0) is 12.0. The lowest BCUT2D eigenvalue weighted by molar-refractivity contribution is -0.138. The molecule has 2 N–H and O–H groups in total. The van der Waals surface area contributed by atoms with E-state index in [4.69, 9.17) is 10.2 Å². The zero-order valence-electron chi connectivity index (χ0n) is 9.52. The maximum atomic E-state index is 10.5. The SMILES string of the molecule is O=C(O)CCC1CCCC(CCC(=O)O)C1. The number of carbonyl (C=O) groups is 2. The summed E-state index contributed by atoms with van der Waals surface area (Å²) in [6, 6.07) is 0. The van der Waals surface area contributed by atoms with E-state index in [0.29, 0.717) is 11.8 Å². The molecule has 1 fully saturated rings. The molecular formula is C12H20O4. The molecule has 92 valence electrons. The molecule has 0 aliphatic heterocycles. The van der Waals surface area contributed by atoms with Crippen LogP contribution < -0.4 is 0 Å². The first kappa shape index (κ1) is 13.0. The van der Waals surface area contributed by atoms with E-state index in [1.807, 2.05) is 0 Å². The molecule has 16 heavy (non-hydrogen) atoms. The molecule has 0 aromatic carbocycles. The lowest BCUT2D eigenvalue weighted by Gasteiger charge is -2.28. The maximum Gasteiger partial charge on any atom is 0.303 e. The van der Waals surface area contributed by atoms with Crippen LogP contribution in [0.4, 0.5) is 0 Å². The standard InChI is InChI=1S/C12H20O4/c13-11(14)6-4-9-2-1-3-10(8-9)5-7-12(15)16/h9-10H,1-8H2,(H,13,14)(H,15,16). The Bertz CT molecular complexity index is 225. The summed E-state index contributed by atoms with van der Waals surface area (Å²) < 4.78 is 0. The van der Waals surface area contributed by atoms with Gasteiger partial charge in [0.25, 0.3) is 0 Å². The molecule has 0 heterocycles. The summed E-state index contributed by atoms with van der Waals surface area (Å²) in [6.07, 6.45) is 6.34. The lowest BCUT2D eigenvalue weighted by atomic mass is 9.77. The third kappa shape index (κ3) is 5.14. The summed E-state index contributed by atoms with van der Waals surface area (Å²) >= 11 is 0. The Hall–Kier alpha value is -1.06. The third-order valence-corrected chi connectivity index (χ3v) is 3.42. The molecule has 0 radical (unpaired) electrons. The van der Waals surface area contributed by atoms with Crippen LogP contribution >= 0.6 is 0 Å². The molecule has 2 atom stereocenters. The highest BCUT2D eigenvalue weighted by Crippen LogP contribution is 2.34. The molecular weight excluding hydrogens is 208 g/mol. The van der Waals surface area contributed by atoms with Gasteiger partial charge < -0.3 is 10.2 Å². The molecule has 0 aromatic heterocycles. The second-order valence-electron chi connectivity index (χ2n) is 4.76. The Kier molecular flexibility index (Phi) is 5.29. The fraction of sp³-hybridized carbons (Fsp3) is 0.833. The molecule has 1 aliphatic carbocycles. The fourth-order valence-electron chi connectivity index (χ4n) is 2.58. The van der Waals surface area contributed by atoms with Gasteiger partial charge in [-0.1, -0.05) is 19.3 Å². The number of rotatable bonds is 6. The van der Waals surface area contributed by atoms with E-state index < -0.39 is 11.9 Å². The fourth-order valence-corrected chi connectivity index (χ4v) is 2.58. The molecule has 1 aliphatic rings. The highest BCUT2D eigenvalue weighted by atomic mass is 16.4. The topological polar surface area (TPSA) is 74.6 Å². The first-order valence-corrected chi connectivity index (χ1v) is 6.01. The second-order valence-corrected chi connectivity index (χ2v) is 4.76. The summed E-state index contributed by atoms with van der Waals surface area (Å²) in [5, 5.41) is 17.2. The Morgan fingerprint density at radius 1 is 0.938 bits per heavy atom. The van der Waals surface area contributed by atoms with Crippen molar-refractivity contribution >= 4 is 11.9 Å².